The van der Waals surface area contributed by atoms with E-state index in [0.29, 0.717) is 29.1 Å². The number of hydrogen-bond donors (Lipinski definition) is 2. The van der Waals surface area contributed by atoms with Gasteiger partial charge < -0.3 is 25.3 Å². The normalized spacial score (nSPS) is 25.1. The number of likely N-dealkylation sites (tertiary alicyclic amines) is 1. The molecule has 0 atom stereocenters. The topological polar surface area (TPSA) is 107 Å². The standard InChI is InChI=1S/C32H45FN4O4S/c1-32(2)19-28-30(42(39,40)20-32)24-7-6-8-27(24)37(28)22-17-25(33)29(31(34)38)26(18-22)35-21-9-11-23(12-10-21)41-16-15-36-13-4-3-5-14-36/h17-18,21,23,35H,3-16,19-20H2,1-2H3,(H2,34,38)/t21-,23-. The minimum absolute atomic E-state index is 0.0586. The van der Waals surface area contributed by atoms with Crippen molar-refractivity contribution in [2.45, 2.75) is 102 Å². The van der Waals surface area contributed by atoms with Gasteiger partial charge in [0.25, 0.3) is 5.91 Å². The molecule has 4 aliphatic rings. The summed E-state index contributed by atoms with van der Waals surface area (Å²) in [6.07, 6.45) is 10.5. The van der Waals surface area contributed by atoms with Crippen LogP contribution in [0.25, 0.3) is 5.69 Å². The van der Waals surface area contributed by atoms with Gasteiger partial charge in [0.05, 0.1) is 40.3 Å². The molecule has 2 fully saturated rings. The maximum Gasteiger partial charge on any atom is 0.253 e. The Labute approximate surface area is 249 Å². The smallest absolute Gasteiger partial charge is 0.253 e. The number of halogens is 1. The Hall–Kier alpha value is -2.43. The molecule has 42 heavy (non-hydrogen) atoms. The van der Waals surface area contributed by atoms with E-state index in [1.807, 2.05) is 18.4 Å². The zero-order chi connectivity index (χ0) is 29.6. The number of ether oxygens (including phenoxy) is 1. The van der Waals surface area contributed by atoms with E-state index in [4.69, 9.17) is 10.5 Å². The number of carbonyl (C=O) groups is 1. The minimum atomic E-state index is -3.46. The van der Waals surface area contributed by atoms with Crippen molar-refractivity contribution in [2.75, 3.05) is 37.3 Å². The predicted octanol–water partition coefficient (Wildman–Crippen LogP) is 4.79. The van der Waals surface area contributed by atoms with Crippen molar-refractivity contribution >= 4 is 21.4 Å². The molecule has 1 amide bonds. The molecule has 230 valence electrons. The number of nitrogens with two attached hydrogens (primary N) is 1. The van der Waals surface area contributed by atoms with Gasteiger partial charge in [0.1, 0.15) is 5.82 Å². The molecule has 6 rings (SSSR count). The largest absolute Gasteiger partial charge is 0.382 e. The first-order valence-electron chi connectivity index (χ1n) is 15.7. The van der Waals surface area contributed by atoms with E-state index in [9.17, 15) is 13.2 Å². The third-order valence-electron chi connectivity index (χ3n) is 9.63. The molecule has 1 saturated carbocycles. The van der Waals surface area contributed by atoms with E-state index in [2.05, 4.69) is 10.2 Å². The van der Waals surface area contributed by atoms with Crippen LogP contribution >= 0.6 is 0 Å². The lowest BCUT2D eigenvalue weighted by Gasteiger charge is -2.32. The highest BCUT2D eigenvalue weighted by atomic mass is 32.2. The van der Waals surface area contributed by atoms with Gasteiger partial charge in [-0.3, -0.25) is 4.79 Å². The number of rotatable bonds is 8. The van der Waals surface area contributed by atoms with E-state index in [-0.39, 0.29) is 23.5 Å². The summed E-state index contributed by atoms with van der Waals surface area (Å²) in [6.45, 7) is 8.00. The lowest BCUT2D eigenvalue weighted by Crippen LogP contribution is -2.35. The highest BCUT2D eigenvalue weighted by Crippen LogP contribution is 2.45. The molecule has 0 unspecified atom stereocenters. The van der Waals surface area contributed by atoms with E-state index < -0.39 is 27.0 Å². The van der Waals surface area contributed by atoms with Gasteiger partial charge in [-0.05, 0) is 100 Å². The van der Waals surface area contributed by atoms with Crippen molar-refractivity contribution in [2.24, 2.45) is 11.1 Å². The van der Waals surface area contributed by atoms with Gasteiger partial charge in [0.15, 0.2) is 9.84 Å². The van der Waals surface area contributed by atoms with Crippen molar-refractivity contribution in [3.8, 4) is 5.69 Å². The monoisotopic (exact) mass is 600 g/mol. The van der Waals surface area contributed by atoms with Gasteiger partial charge >= 0.3 is 0 Å². The number of benzene rings is 1. The predicted molar refractivity (Wildman–Crippen MR) is 162 cm³/mol. The summed E-state index contributed by atoms with van der Waals surface area (Å²) >= 11 is 0. The zero-order valence-corrected chi connectivity index (χ0v) is 25.8. The Morgan fingerprint density at radius 2 is 1.81 bits per heavy atom. The van der Waals surface area contributed by atoms with Gasteiger partial charge in [0, 0.05) is 24.0 Å². The zero-order valence-electron chi connectivity index (χ0n) is 25.0. The van der Waals surface area contributed by atoms with Crippen molar-refractivity contribution in [3.63, 3.8) is 0 Å². The maximum atomic E-state index is 15.7. The highest BCUT2D eigenvalue weighted by molar-refractivity contribution is 7.91. The second kappa shape index (κ2) is 11.6. The average molecular weight is 601 g/mol. The summed E-state index contributed by atoms with van der Waals surface area (Å²) in [6, 6.07) is 3.19. The molecule has 3 heterocycles. The molecule has 1 aromatic heterocycles. The third kappa shape index (κ3) is 5.86. The molecule has 2 aromatic rings. The van der Waals surface area contributed by atoms with Crippen molar-refractivity contribution in [3.05, 3.63) is 40.5 Å². The van der Waals surface area contributed by atoms with E-state index >= 15 is 4.39 Å². The quantitative estimate of drug-likeness (QED) is 0.452. The Kier molecular flexibility index (Phi) is 8.17. The second-order valence-electron chi connectivity index (χ2n) is 13.6. The molecule has 8 nitrogen and oxygen atoms in total. The molecule has 0 spiro atoms. The average Bonchev–Trinajstić information content (AvgIpc) is 3.49. The van der Waals surface area contributed by atoms with Crippen LogP contribution in [0.5, 0.6) is 0 Å². The molecule has 10 heteroatoms. The molecular formula is C32H45FN4O4S. The number of piperidine rings is 1. The van der Waals surface area contributed by atoms with Crippen LogP contribution in [-0.2, 0) is 33.8 Å². The van der Waals surface area contributed by atoms with E-state index in [1.165, 1.54) is 38.4 Å². The molecule has 0 bridgehead atoms. The molecular weight excluding hydrogens is 555 g/mol. The molecule has 1 saturated heterocycles. The number of amides is 1. The number of sulfone groups is 1. The van der Waals surface area contributed by atoms with Crippen molar-refractivity contribution < 1.29 is 22.3 Å². The second-order valence-corrected chi connectivity index (χ2v) is 15.5. The van der Waals surface area contributed by atoms with E-state index in [1.54, 1.807) is 6.07 Å². The molecule has 2 aliphatic carbocycles. The summed E-state index contributed by atoms with van der Waals surface area (Å²) in [5.74, 6) is -1.40. The molecule has 3 N–H and O–H groups in total. The Morgan fingerprint density at radius 1 is 1.07 bits per heavy atom. The van der Waals surface area contributed by atoms with Crippen LogP contribution in [0, 0.1) is 11.2 Å². The number of aromatic nitrogens is 1. The Bertz CT molecular complexity index is 1450. The maximum absolute atomic E-state index is 15.7. The van der Waals surface area contributed by atoms with Crippen LogP contribution in [0.15, 0.2) is 17.0 Å². The van der Waals surface area contributed by atoms with Crippen LogP contribution < -0.4 is 11.1 Å². The highest BCUT2D eigenvalue weighted by Gasteiger charge is 2.42. The molecule has 0 radical (unpaired) electrons. The van der Waals surface area contributed by atoms with Gasteiger partial charge in [-0.25, -0.2) is 12.8 Å². The van der Waals surface area contributed by atoms with Crippen LogP contribution in [0.4, 0.5) is 10.1 Å². The Morgan fingerprint density at radius 3 is 2.52 bits per heavy atom. The summed E-state index contributed by atoms with van der Waals surface area (Å²) in [4.78, 5) is 15.3. The SMILES string of the molecule is CC1(C)Cc2c(c3c(n2-c2cc(F)c(C(N)=O)c(N[C@H]4CC[C@H](OCCN5CCCCC5)CC4)c2)CCC3)S(=O)(=O)C1. The molecule has 2 aliphatic heterocycles. The van der Waals surface area contributed by atoms with Gasteiger partial charge in [0.2, 0.25) is 0 Å². The summed E-state index contributed by atoms with van der Waals surface area (Å²) in [7, 11) is -3.46. The fraction of sp³-hybridized carbons (Fsp3) is 0.656. The number of anilines is 1. The van der Waals surface area contributed by atoms with Crippen LogP contribution in [-0.4, -0.2) is 67.9 Å². The number of fused-ring (bicyclic) bond motifs is 3. The molecule has 1 aromatic carbocycles. The van der Waals surface area contributed by atoms with Gasteiger partial charge in [-0.1, -0.05) is 20.3 Å². The third-order valence-corrected chi connectivity index (χ3v) is 11.9. The van der Waals surface area contributed by atoms with Gasteiger partial charge in [-0.2, -0.15) is 0 Å². The van der Waals surface area contributed by atoms with Crippen molar-refractivity contribution in [1.29, 1.82) is 0 Å². The minimum Gasteiger partial charge on any atom is -0.382 e. The fourth-order valence-electron chi connectivity index (χ4n) is 7.80. The number of nitrogens with zero attached hydrogens (tertiary/aromatic N) is 2. The first-order valence-corrected chi connectivity index (χ1v) is 17.4. The summed E-state index contributed by atoms with van der Waals surface area (Å²) < 4.78 is 50.7. The van der Waals surface area contributed by atoms with Crippen LogP contribution in [0.2, 0.25) is 0 Å². The van der Waals surface area contributed by atoms with Gasteiger partial charge in [-0.15, -0.1) is 0 Å². The number of primary amides is 1. The lowest BCUT2D eigenvalue weighted by atomic mass is 9.89. The number of carbonyl (C=O) groups excluding carboxylic acids is 1. The lowest BCUT2D eigenvalue weighted by molar-refractivity contribution is 0.0123. The van der Waals surface area contributed by atoms with Crippen molar-refractivity contribution in [1.82, 2.24) is 9.47 Å². The fourth-order valence-corrected chi connectivity index (χ4v) is 10.2. The van der Waals surface area contributed by atoms with E-state index in [0.717, 1.165) is 68.6 Å². The Balaban J connectivity index is 1.23. The van der Waals surface area contributed by atoms with Crippen LogP contribution in [0.3, 0.4) is 0 Å². The first-order chi connectivity index (χ1) is 20.0. The summed E-state index contributed by atoms with van der Waals surface area (Å²) in [5.41, 5.74) is 8.57. The summed E-state index contributed by atoms with van der Waals surface area (Å²) in [5, 5.41) is 3.45. The number of nitrogens with one attached hydrogen (secondary N) is 1. The number of hydrogen-bond acceptors (Lipinski definition) is 6. The first kappa shape index (κ1) is 29.6. The van der Waals surface area contributed by atoms with Crippen LogP contribution in [0.1, 0.15) is 92.5 Å².